The smallest absolute Gasteiger partial charge is 0.223 e. The van der Waals surface area contributed by atoms with E-state index in [4.69, 9.17) is 0 Å². The first-order chi connectivity index (χ1) is 12.8. The lowest BCUT2D eigenvalue weighted by Crippen LogP contribution is -2.32. The minimum Gasteiger partial charge on any atom is -0.513 e. The molecule has 4 heteroatoms. The van der Waals surface area contributed by atoms with E-state index in [9.17, 15) is 9.90 Å². The summed E-state index contributed by atoms with van der Waals surface area (Å²) in [5.74, 6) is 1.17. The largest absolute Gasteiger partial charge is 0.513 e. The number of aliphatic hydroxyl groups excluding tert-OH is 1. The highest BCUT2D eigenvalue weighted by Crippen LogP contribution is 2.43. The lowest BCUT2D eigenvalue weighted by atomic mass is 9.69. The summed E-state index contributed by atoms with van der Waals surface area (Å²) in [6, 6.07) is 8.72. The first-order valence-electron chi connectivity index (χ1n) is 10.2. The second kappa shape index (κ2) is 10.4. The fourth-order valence-corrected chi connectivity index (χ4v) is 3.68. The Kier molecular flexibility index (Phi) is 9.13. The zero-order valence-electron chi connectivity index (χ0n) is 18.6. The van der Waals surface area contributed by atoms with E-state index in [0.29, 0.717) is 31.2 Å². The lowest BCUT2D eigenvalue weighted by molar-refractivity contribution is -0.131. The molecule has 1 rings (SSSR count). The van der Waals surface area contributed by atoms with Crippen LogP contribution in [0.15, 0.2) is 36.6 Å². The zero-order valence-corrected chi connectivity index (χ0v) is 19.5. The molecule has 1 aromatic carbocycles. The maximum atomic E-state index is 12.4. The molecule has 1 aromatic rings. The molecule has 1 atom stereocenters. The van der Waals surface area contributed by atoms with Gasteiger partial charge in [0, 0.05) is 31.7 Å². The van der Waals surface area contributed by atoms with Gasteiger partial charge >= 0.3 is 0 Å². The van der Waals surface area contributed by atoms with E-state index in [1.165, 1.54) is 5.56 Å². The predicted octanol–water partition coefficient (Wildman–Crippen LogP) is 6.36. The van der Waals surface area contributed by atoms with Crippen LogP contribution in [0.2, 0.25) is 0 Å². The SMILES string of the molecule is C=C(O)CCC(=O)N(CCS)Cc1ccc(C(CC(C)(C)C)C(C)(C)C)cc1. The minimum absolute atomic E-state index is 0.0219. The summed E-state index contributed by atoms with van der Waals surface area (Å²) in [6.45, 7) is 18.4. The van der Waals surface area contributed by atoms with Crippen LogP contribution in [0.4, 0.5) is 0 Å². The molecule has 0 aromatic heterocycles. The van der Waals surface area contributed by atoms with E-state index in [0.717, 1.165) is 12.0 Å². The Bertz CT molecular complexity index is 638. The van der Waals surface area contributed by atoms with Crippen LogP contribution in [0.3, 0.4) is 0 Å². The van der Waals surface area contributed by atoms with E-state index in [2.05, 4.69) is 85.0 Å². The molecule has 0 saturated heterocycles. The molecule has 0 aliphatic rings. The van der Waals surface area contributed by atoms with Crippen molar-refractivity contribution in [2.24, 2.45) is 10.8 Å². The molecule has 1 amide bonds. The summed E-state index contributed by atoms with van der Waals surface area (Å²) in [6.07, 6.45) is 1.71. The molecule has 3 nitrogen and oxygen atoms in total. The molecule has 0 fully saturated rings. The van der Waals surface area contributed by atoms with Crippen molar-refractivity contribution in [2.75, 3.05) is 12.3 Å². The van der Waals surface area contributed by atoms with Crippen molar-refractivity contribution >= 4 is 18.5 Å². The second-order valence-electron chi connectivity index (χ2n) is 10.0. The molecule has 1 N–H and O–H groups in total. The molecule has 0 spiro atoms. The summed E-state index contributed by atoms with van der Waals surface area (Å²) in [4.78, 5) is 14.3. The Morgan fingerprint density at radius 2 is 1.68 bits per heavy atom. The van der Waals surface area contributed by atoms with Crippen LogP contribution in [0.25, 0.3) is 0 Å². The van der Waals surface area contributed by atoms with Gasteiger partial charge < -0.3 is 10.0 Å². The predicted molar refractivity (Wildman–Crippen MR) is 123 cm³/mol. The first-order valence-corrected chi connectivity index (χ1v) is 10.8. The number of amides is 1. The number of nitrogens with zero attached hydrogens (tertiary/aromatic N) is 1. The van der Waals surface area contributed by atoms with E-state index in [1.54, 1.807) is 4.90 Å². The number of rotatable bonds is 9. The quantitative estimate of drug-likeness (QED) is 0.370. The van der Waals surface area contributed by atoms with Crippen molar-refractivity contribution in [2.45, 2.75) is 73.3 Å². The van der Waals surface area contributed by atoms with Crippen molar-refractivity contribution < 1.29 is 9.90 Å². The molecule has 158 valence electrons. The van der Waals surface area contributed by atoms with E-state index in [-0.39, 0.29) is 28.9 Å². The Morgan fingerprint density at radius 3 is 2.11 bits per heavy atom. The highest BCUT2D eigenvalue weighted by atomic mass is 32.1. The number of hydrogen-bond acceptors (Lipinski definition) is 3. The Balaban J connectivity index is 2.93. The maximum absolute atomic E-state index is 12.4. The van der Waals surface area contributed by atoms with Gasteiger partial charge in [-0.05, 0) is 34.3 Å². The highest BCUT2D eigenvalue weighted by molar-refractivity contribution is 7.80. The van der Waals surface area contributed by atoms with Crippen LogP contribution >= 0.6 is 12.6 Å². The number of carbonyl (C=O) groups is 1. The molecule has 0 radical (unpaired) electrons. The Morgan fingerprint density at radius 1 is 1.11 bits per heavy atom. The van der Waals surface area contributed by atoms with Gasteiger partial charge in [-0.3, -0.25) is 4.79 Å². The maximum Gasteiger partial charge on any atom is 0.223 e. The number of allylic oxidation sites excluding steroid dienone is 1. The molecule has 0 saturated carbocycles. The summed E-state index contributed by atoms with van der Waals surface area (Å²) in [7, 11) is 0. The van der Waals surface area contributed by atoms with Crippen molar-refractivity contribution in [1.82, 2.24) is 4.90 Å². The van der Waals surface area contributed by atoms with Gasteiger partial charge in [-0.1, -0.05) is 72.4 Å². The van der Waals surface area contributed by atoms with Gasteiger partial charge in [-0.25, -0.2) is 0 Å². The van der Waals surface area contributed by atoms with Crippen LogP contribution in [-0.4, -0.2) is 28.2 Å². The third-order valence-corrected chi connectivity index (χ3v) is 5.17. The topological polar surface area (TPSA) is 40.5 Å². The van der Waals surface area contributed by atoms with Gasteiger partial charge in [-0.15, -0.1) is 0 Å². The van der Waals surface area contributed by atoms with Crippen molar-refractivity contribution in [3.63, 3.8) is 0 Å². The number of thiol groups is 1. The van der Waals surface area contributed by atoms with E-state index in [1.807, 2.05) is 0 Å². The van der Waals surface area contributed by atoms with E-state index >= 15 is 0 Å². The Labute approximate surface area is 177 Å². The van der Waals surface area contributed by atoms with Crippen LogP contribution < -0.4 is 0 Å². The number of carbonyl (C=O) groups excluding carboxylic acids is 1. The molecule has 0 aliphatic carbocycles. The van der Waals surface area contributed by atoms with Gasteiger partial charge in [0.05, 0.1) is 5.76 Å². The number of benzene rings is 1. The molecule has 0 aliphatic heterocycles. The standard InChI is InChI=1S/C24H39NO2S/c1-18(26)8-13-22(27)25(14-15-28)17-19-9-11-20(12-10-19)21(24(5,6)7)16-23(2,3)4/h9-12,21,26,28H,1,8,13-17H2,2-7H3. The minimum atomic E-state index is 0.0219. The number of aliphatic hydroxyl groups is 1. The van der Waals surface area contributed by atoms with Gasteiger partial charge in [0.25, 0.3) is 0 Å². The van der Waals surface area contributed by atoms with Crippen LogP contribution in [0.1, 0.15) is 77.8 Å². The fraction of sp³-hybridized carbons (Fsp3) is 0.625. The van der Waals surface area contributed by atoms with Gasteiger partial charge in [0.2, 0.25) is 5.91 Å². The van der Waals surface area contributed by atoms with Crippen LogP contribution in [0.5, 0.6) is 0 Å². The van der Waals surface area contributed by atoms with E-state index < -0.39 is 0 Å². The summed E-state index contributed by atoms with van der Waals surface area (Å²) >= 11 is 4.28. The zero-order chi connectivity index (χ0) is 21.5. The number of hydrogen-bond donors (Lipinski definition) is 2. The lowest BCUT2D eigenvalue weighted by Gasteiger charge is -2.36. The van der Waals surface area contributed by atoms with Gasteiger partial charge in [-0.2, -0.15) is 12.6 Å². The molecule has 0 heterocycles. The molecular formula is C24H39NO2S. The third kappa shape index (κ3) is 8.72. The van der Waals surface area contributed by atoms with Crippen molar-refractivity contribution in [1.29, 1.82) is 0 Å². The molecule has 28 heavy (non-hydrogen) atoms. The highest BCUT2D eigenvalue weighted by Gasteiger charge is 2.30. The van der Waals surface area contributed by atoms with Crippen molar-refractivity contribution in [3.8, 4) is 0 Å². The van der Waals surface area contributed by atoms with Gasteiger partial charge in [0.15, 0.2) is 0 Å². The summed E-state index contributed by atoms with van der Waals surface area (Å²) in [5, 5.41) is 9.25. The molecule has 0 bridgehead atoms. The Hall–Kier alpha value is -1.42. The summed E-state index contributed by atoms with van der Waals surface area (Å²) < 4.78 is 0. The fourth-order valence-electron chi connectivity index (χ4n) is 3.43. The average Bonchev–Trinajstić information content (AvgIpc) is 2.56. The average molecular weight is 406 g/mol. The molecule has 1 unspecified atom stereocenters. The van der Waals surface area contributed by atoms with Crippen LogP contribution in [0, 0.1) is 10.8 Å². The second-order valence-corrected chi connectivity index (χ2v) is 10.5. The normalized spacial score (nSPS) is 13.2. The summed E-state index contributed by atoms with van der Waals surface area (Å²) in [5.41, 5.74) is 2.93. The van der Waals surface area contributed by atoms with Crippen molar-refractivity contribution in [3.05, 3.63) is 47.7 Å². The first kappa shape index (κ1) is 24.6. The third-order valence-electron chi connectivity index (χ3n) is 4.97. The molecular weight excluding hydrogens is 366 g/mol. The van der Waals surface area contributed by atoms with Gasteiger partial charge in [0.1, 0.15) is 0 Å². The van der Waals surface area contributed by atoms with Crippen LogP contribution in [-0.2, 0) is 11.3 Å². The monoisotopic (exact) mass is 405 g/mol.